The number of aromatic nitrogens is 1. The van der Waals surface area contributed by atoms with E-state index < -0.39 is 0 Å². The summed E-state index contributed by atoms with van der Waals surface area (Å²) >= 11 is 11.8. The minimum atomic E-state index is -0.174. The van der Waals surface area contributed by atoms with Crippen LogP contribution in [0.15, 0.2) is 36.5 Å². The van der Waals surface area contributed by atoms with Gasteiger partial charge >= 0.3 is 0 Å². The van der Waals surface area contributed by atoms with Gasteiger partial charge in [-0.2, -0.15) is 0 Å². The molecule has 118 valence electrons. The number of hydrogen-bond acceptors (Lipinski definition) is 3. The summed E-state index contributed by atoms with van der Waals surface area (Å²) in [4.78, 5) is 27.9. The van der Waals surface area contributed by atoms with Gasteiger partial charge in [-0.25, -0.2) is 4.98 Å². The van der Waals surface area contributed by atoms with Crippen molar-refractivity contribution < 1.29 is 9.59 Å². The predicted molar refractivity (Wildman–Crippen MR) is 90.2 cm³/mol. The zero-order chi connectivity index (χ0) is 16.6. The van der Waals surface area contributed by atoms with E-state index in [-0.39, 0.29) is 28.7 Å². The summed E-state index contributed by atoms with van der Waals surface area (Å²) in [5.74, 6) is -0.265. The van der Waals surface area contributed by atoms with E-state index >= 15 is 0 Å². The van der Waals surface area contributed by atoms with Crippen molar-refractivity contribution in [3.05, 3.63) is 57.8 Å². The second-order valence-electron chi connectivity index (χ2n) is 5.60. The summed E-state index contributed by atoms with van der Waals surface area (Å²) in [6.45, 7) is 1.42. The van der Waals surface area contributed by atoms with Crippen molar-refractivity contribution >= 4 is 40.6 Å². The van der Waals surface area contributed by atoms with Crippen LogP contribution in [-0.4, -0.2) is 16.7 Å². The van der Waals surface area contributed by atoms with Gasteiger partial charge in [-0.1, -0.05) is 35.3 Å². The van der Waals surface area contributed by atoms with Gasteiger partial charge in [0.05, 0.1) is 11.3 Å². The maximum atomic E-state index is 12.4. The minimum Gasteiger partial charge on any atom is -0.325 e. The van der Waals surface area contributed by atoms with Gasteiger partial charge in [0, 0.05) is 17.1 Å². The third-order valence-corrected chi connectivity index (χ3v) is 4.35. The quantitative estimate of drug-likeness (QED) is 0.660. The molecule has 2 aromatic rings. The van der Waals surface area contributed by atoms with E-state index in [9.17, 15) is 9.59 Å². The summed E-state index contributed by atoms with van der Waals surface area (Å²) in [7, 11) is 0. The Morgan fingerprint density at radius 1 is 1.26 bits per heavy atom. The molecule has 0 spiro atoms. The molecule has 1 aliphatic rings. The van der Waals surface area contributed by atoms with Crippen LogP contribution in [0.4, 0.5) is 5.69 Å². The van der Waals surface area contributed by atoms with Gasteiger partial charge in [-0.05, 0) is 43.0 Å². The maximum Gasteiger partial charge on any atom is 0.228 e. The van der Waals surface area contributed by atoms with Crippen molar-refractivity contribution in [3.63, 3.8) is 0 Å². The van der Waals surface area contributed by atoms with Gasteiger partial charge in [-0.3, -0.25) is 9.59 Å². The highest BCUT2D eigenvalue weighted by molar-refractivity contribution is 6.30. The van der Waals surface area contributed by atoms with E-state index in [0.717, 1.165) is 12.0 Å². The molecule has 1 aromatic carbocycles. The fourth-order valence-corrected chi connectivity index (χ4v) is 2.99. The number of carbonyl (C=O) groups excluding carboxylic acids is 2. The largest absolute Gasteiger partial charge is 0.325 e. The first kappa shape index (κ1) is 16.0. The van der Waals surface area contributed by atoms with Crippen molar-refractivity contribution in [2.45, 2.75) is 19.3 Å². The molecule has 1 aromatic heterocycles. The van der Waals surface area contributed by atoms with E-state index in [1.165, 1.54) is 19.2 Å². The van der Waals surface area contributed by atoms with Gasteiger partial charge in [0.1, 0.15) is 5.15 Å². The number of ketones is 1. The standard InChI is InChI=1S/C17H14Cl2N2O2/c1-9(22)14-8-20-16(19)7-15(14)21-17(23)13-6-12(13)10-3-2-4-11(18)5-10/h2-5,7-8,12-13H,6H2,1H3,(H,20,21,23). The minimum absolute atomic E-state index is 0.125. The van der Waals surface area contributed by atoms with E-state index in [4.69, 9.17) is 23.2 Å². The van der Waals surface area contributed by atoms with Gasteiger partial charge in [0.2, 0.25) is 5.91 Å². The lowest BCUT2D eigenvalue weighted by atomic mass is 10.1. The van der Waals surface area contributed by atoms with E-state index in [0.29, 0.717) is 16.3 Å². The zero-order valence-corrected chi connectivity index (χ0v) is 13.9. The normalized spacial score (nSPS) is 19.3. The number of benzene rings is 1. The summed E-state index contributed by atoms with van der Waals surface area (Å²) in [6, 6.07) is 9.02. The average molecular weight is 349 g/mol. The van der Waals surface area contributed by atoms with Crippen molar-refractivity contribution in [2.75, 3.05) is 5.32 Å². The number of nitrogens with zero attached hydrogens (tertiary/aromatic N) is 1. The topological polar surface area (TPSA) is 59.1 Å². The Kier molecular flexibility index (Phi) is 4.37. The molecule has 0 radical (unpaired) electrons. The SMILES string of the molecule is CC(=O)c1cnc(Cl)cc1NC(=O)C1CC1c1cccc(Cl)c1. The summed E-state index contributed by atoms with van der Waals surface area (Å²) in [5, 5.41) is 3.68. The number of nitrogens with one attached hydrogen (secondary N) is 1. The molecule has 0 bridgehead atoms. The Bertz CT molecular complexity index is 792. The highest BCUT2D eigenvalue weighted by atomic mass is 35.5. The summed E-state index contributed by atoms with van der Waals surface area (Å²) in [5.41, 5.74) is 1.80. The van der Waals surface area contributed by atoms with Crippen molar-refractivity contribution in [3.8, 4) is 0 Å². The van der Waals surface area contributed by atoms with Crippen LogP contribution in [0.25, 0.3) is 0 Å². The third kappa shape index (κ3) is 3.54. The van der Waals surface area contributed by atoms with Crippen LogP contribution in [0, 0.1) is 5.92 Å². The molecule has 4 nitrogen and oxygen atoms in total. The molecule has 6 heteroatoms. The van der Waals surface area contributed by atoms with E-state index in [2.05, 4.69) is 10.3 Å². The molecule has 2 atom stereocenters. The van der Waals surface area contributed by atoms with Crippen LogP contribution in [0.5, 0.6) is 0 Å². The van der Waals surface area contributed by atoms with Crippen molar-refractivity contribution in [1.82, 2.24) is 4.98 Å². The first-order chi connectivity index (χ1) is 11.0. The Morgan fingerprint density at radius 2 is 2.04 bits per heavy atom. The average Bonchev–Trinajstić information content (AvgIpc) is 3.27. The van der Waals surface area contributed by atoms with Gasteiger partial charge < -0.3 is 5.32 Å². The first-order valence-corrected chi connectivity index (χ1v) is 7.94. The number of pyridine rings is 1. The molecule has 1 aliphatic carbocycles. The second-order valence-corrected chi connectivity index (χ2v) is 6.43. The zero-order valence-electron chi connectivity index (χ0n) is 12.3. The molecule has 1 amide bonds. The Labute approximate surface area is 143 Å². The molecule has 0 aliphatic heterocycles. The smallest absolute Gasteiger partial charge is 0.228 e. The number of carbonyl (C=O) groups is 2. The fourth-order valence-electron chi connectivity index (χ4n) is 2.63. The lowest BCUT2D eigenvalue weighted by molar-refractivity contribution is -0.117. The number of halogens is 2. The number of Topliss-reactive ketones (excluding diaryl/α,β-unsaturated/α-hetero) is 1. The maximum absolute atomic E-state index is 12.4. The van der Waals surface area contributed by atoms with Crippen LogP contribution in [0.3, 0.4) is 0 Å². The molecular formula is C17H14Cl2N2O2. The van der Waals surface area contributed by atoms with Gasteiger partial charge in [0.15, 0.2) is 5.78 Å². The molecule has 3 rings (SSSR count). The Morgan fingerprint density at radius 3 is 2.74 bits per heavy atom. The summed E-state index contributed by atoms with van der Waals surface area (Å²) < 4.78 is 0. The van der Waals surface area contributed by atoms with Crippen LogP contribution >= 0.6 is 23.2 Å². The Hall–Kier alpha value is -1.91. The molecule has 1 heterocycles. The van der Waals surface area contributed by atoms with E-state index in [1.807, 2.05) is 18.2 Å². The highest BCUT2D eigenvalue weighted by Gasteiger charge is 2.44. The van der Waals surface area contributed by atoms with Crippen molar-refractivity contribution in [2.24, 2.45) is 5.92 Å². The van der Waals surface area contributed by atoms with Crippen molar-refractivity contribution in [1.29, 1.82) is 0 Å². The molecule has 1 N–H and O–H groups in total. The number of amides is 1. The predicted octanol–water partition coefficient (Wildman–Crippen LogP) is 4.33. The summed E-state index contributed by atoms with van der Waals surface area (Å²) in [6.07, 6.45) is 2.14. The molecule has 1 saturated carbocycles. The second kappa shape index (κ2) is 6.30. The lowest BCUT2D eigenvalue weighted by Crippen LogP contribution is -2.17. The highest BCUT2D eigenvalue weighted by Crippen LogP contribution is 2.48. The van der Waals surface area contributed by atoms with Gasteiger partial charge in [0.25, 0.3) is 0 Å². The molecular weight excluding hydrogens is 335 g/mol. The molecule has 1 fully saturated rings. The fraction of sp³-hybridized carbons (Fsp3) is 0.235. The third-order valence-electron chi connectivity index (χ3n) is 3.91. The molecule has 23 heavy (non-hydrogen) atoms. The van der Waals surface area contributed by atoms with Crippen LogP contribution < -0.4 is 5.32 Å². The number of hydrogen-bond donors (Lipinski definition) is 1. The first-order valence-electron chi connectivity index (χ1n) is 7.18. The molecule has 2 unspecified atom stereocenters. The van der Waals surface area contributed by atoms with Crippen LogP contribution in [0.2, 0.25) is 10.2 Å². The molecule has 0 saturated heterocycles. The monoisotopic (exact) mass is 348 g/mol. The lowest BCUT2D eigenvalue weighted by Gasteiger charge is -2.09. The van der Waals surface area contributed by atoms with E-state index in [1.54, 1.807) is 6.07 Å². The number of rotatable bonds is 4. The van der Waals surface area contributed by atoms with Crippen LogP contribution in [0.1, 0.15) is 35.2 Å². The van der Waals surface area contributed by atoms with Gasteiger partial charge in [-0.15, -0.1) is 0 Å². The Balaban J connectivity index is 1.74. The number of anilines is 1. The van der Waals surface area contributed by atoms with Crippen LogP contribution in [-0.2, 0) is 4.79 Å².